The maximum atomic E-state index is 11.0. The number of rotatable bonds is 7. The number of carboxylic acid groups (broad SMARTS) is 1. The monoisotopic (exact) mass is 240 g/mol. The van der Waals surface area contributed by atoms with Gasteiger partial charge in [0, 0.05) is 6.42 Å². The van der Waals surface area contributed by atoms with Gasteiger partial charge < -0.3 is 5.11 Å². The Balaban J connectivity index is 2.65. The second-order valence-electron chi connectivity index (χ2n) is 4.90. The van der Waals surface area contributed by atoms with E-state index in [0.717, 1.165) is 31.5 Å². The summed E-state index contributed by atoms with van der Waals surface area (Å²) in [7, 11) is 0. The number of aliphatic carboxylic acids is 1. The molecule has 1 aromatic heterocycles. The predicted molar refractivity (Wildman–Crippen MR) is 62.5 cm³/mol. The molecular weight excluding hydrogens is 220 g/mol. The highest BCUT2D eigenvalue weighted by atomic mass is 16.4. The van der Waals surface area contributed by atoms with Crippen LogP contribution < -0.4 is 0 Å². The molecule has 0 atom stereocenters. The van der Waals surface area contributed by atoms with Crippen LogP contribution in [0.5, 0.6) is 0 Å². The first-order chi connectivity index (χ1) is 7.97. The van der Waals surface area contributed by atoms with Crippen LogP contribution in [0.1, 0.15) is 45.9 Å². The van der Waals surface area contributed by atoms with Crippen molar-refractivity contribution in [2.75, 3.05) is 0 Å². The molecule has 6 heteroatoms. The molecule has 0 unspecified atom stereocenters. The van der Waals surface area contributed by atoms with Crippen LogP contribution in [-0.4, -0.2) is 31.3 Å². The molecule has 96 valence electrons. The average Bonchev–Trinajstić information content (AvgIpc) is 2.65. The van der Waals surface area contributed by atoms with Gasteiger partial charge in [-0.05, 0) is 30.7 Å². The molecule has 0 bridgehead atoms. The Hall–Kier alpha value is -1.46. The quantitative estimate of drug-likeness (QED) is 0.731. The Morgan fingerprint density at radius 2 is 2.12 bits per heavy atom. The van der Waals surface area contributed by atoms with Crippen LogP contribution in [0.3, 0.4) is 0 Å². The van der Waals surface area contributed by atoms with Crippen molar-refractivity contribution in [1.82, 2.24) is 20.2 Å². The van der Waals surface area contributed by atoms with Gasteiger partial charge >= 0.3 is 5.97 Å². The number of aromatic nitrogens is 4. The SMILES string of the molecule is CCCCCc1nnnn1CC(C)(C)C(=O)O. The van der Waals surface area contributed by atoms with Crippen LogP contribution in [0.2, 0.25) is 0 Å². The molecule has 0 saturated carbocycles. The highest BCUT2D eigenvalue weighted by Crippen LogP contribution is 2.18. The summed E-state index contributed by atoms with van der Waals surface area (Å²) in [5.41, 5.74) is -0.852. The Labute approximate surface area is 101 Å². The molecule has 0 aliphatic rings. The fraction of sp³-hybridized carbons (Fsp3) is 0.818. The Morgan fingerprint density at radius 3 is 2.71 bits per heavy atom. The van der Waals surface area contributed by atoms with E-state index in [4.69, 9.17) is 5.11 Å². The number of carbonyl (C=O) groups is 1. The number of hydrogen-bond donors (Lipinski definition) is 1. The van der Waals surface area contributed by atoms with Crippen molar-refractivity contribution in [3.63, 3.8) is 0 Å². The van der Waals surface area contributed by atoms with E-state index in [1.54, 1.807) is 18.5 Å². The van der Waals surface area contributed by atoms with Gasteiger partial charge in [0.05, 0.1) is 12.0 Å². The third-order valence-electron chi connectivity index (χ3n) is 2.73. The van der Waals surface area contributed by atoms with Crippen molar-refractivity contribution in [1.29, 1.82) is 0 Å². The zero-order valence-electron chi connectivity index (χ0n) is 10.7. The molecule has 0 aliphatic carbocycles. The first kappa shape index (κ1) is 13.6. The summed E-state index contributed by atoms with van der Waals surface area (Å²) in [6, 6.07) is 0. The van der Waals surface area contributed by atoms with E-state index in [9.17, 15) is 4.79 Å². The van der Waals surface area contributed by atoms with Crippen molar-refractivity contribution in [3.8, 4) is 0 Å². The molecule has 1 aromatic rings. The zero-order valence-corrected chi connectivity index (χ0v) is 10.7. The molecule has 0 amide bonds. The van der Waals surface area contributed by atoms with E-state index in [1.807, 2.05) is 0 Å². The maximum absolute atomic E-state index is 11.0. The van der Waals surface area contributed by atoms with E-state index >= 15 is 0 Å². The van der Waals surface area contributed by atoms with Crippen LogP contribution in [-0.2, 0) is 17.8 Å². The number of aryl methyl sites for hydroxylation is 1. The van der Waals surface area contributed by atoms with Gasteiger partial charge in [-0.3, -0.25) is 4.79 Å². The summed E-state index contributed by atoms with van der Waals surface area (Å²) < 4.78 is 1.60. The van der Waals surface area contributed by atoms with Gasteiger partial charge in [-0.25, -0.2) is 4.68 Å². The summed E-state index contributed by atoms with van der Waals surface area (Å²) in [6.45, 7) is 5.78. The molecule has 1 heterocycles. The van der Waals surface area contributed by atoms with Gasteiger partial charge in [0.1, 0.15) is 0 Å². The molecule has 1 rings (SSSR count). The molecular formula is C11H20N4O2. The highest BCUT2D eigenvalue weighted by Gasteiger charge is 2.29. The molecule has 0 spiro atoms. The molecule has 0 fully saturated rings. The van der Waals surface area contributed by atoms with Gasteiger partial charge in [0.15, 0.2) is 5.82 Å². The second-order valence-corrected chi connectivity index (χ2v) is 4.90. The molecule has 1 N–H and O–H groups in total. The number of nitrogens with zero attached hydrogens (tertiary/aromatic N) is 4. The van der Waals surface area contributed by atoms with Gasteiger partial charge in [-0.1, -0.05) is 19.8 Å². The molecule has 6 nitrogen and oxygen atoms in total. The zero-order chi connectivity index (χ0) is 12.9. The minimum absolute atomic E-state index is 0.302. The number of carboxylic acids is 1. The summed E-state index contributed by atoms with van der Waals surface area (Å²) in [4.78, 5) is 11.0. The summed E-state index contributed by atoms with van der Waals surface area (Å²) in [5.74, 6) is -0.0692. The van der Waals surface area contributed by atoms with Gasteiger partial charge in [-0.15, -0.1) is 5.10 Å². The lowest BCUT2D eigenvalue weighted by atomic mass is 9.94. The normalized spacial score (nSPS) is 11.7. The third kappa shape index (κ3) is 3.80. The van der Waals surface area contributed by atoms with E-state index in [0.29, 0.717) is 6.54 Å². The van der Waals surface area contributed by atoms with Crippen molar-refractivity contribution in [3.05, 3.63) is 5.82 Å². The fourth-order valence-corrected chi connectivity index (χ4v) is 1.50. The minimum atomic E-state index is -0.852. The van der Waals surface area contributed by atoms with Crippen molar-refractivity contribution < 1.29 is 9.90 Å². The standard InChI is InChI=1S/C11H20N4O2/c1-4-5-6-7-9-12-13-14-15(9)8-11(2,3)10(16)17/h4-8H2,1-3H3,(H,16,17). The average molecular weight is 240 g/mol. The topological polar surface area (TPSA) is 80.9 Å². The summed E-state index contributed by atoms with van der Waals surface area (Å²) in [5, 5.41) is 20.5. The van der Waals surface area contributed by atoms with E-state index in [-0.39, 0.29) is 0 Å². The molecule has 0 saturated heterocycles. The number of hydrogen-bond acceptors (Lipinski definition) is 4. The maximum Gasteiger partial charge on any atom is 0.310 e. The first-order valence-corrected chi connectivity index (χ1v) is 5.96. The minimum Gasteiger partial charge on any atom is -0.481 e. The van der Waals surface area contributed by atoms with E-state index in [2.05, 4.69) is 22.4 Å². The van der Waals surface area contributed by atoms with Crippen LogP contribution in [0.15, 0.2) is 0 Å². The van der Waals surface area contributed by atoms with Gasteiger partial charge in [-0.2, -0.15) is 0 Å². The Kier molecular flexibility index (Phi) is 4.60. The van der Waals surface area contributed by atoms with Crippen LogP contribution in [0, 0.1) is 5.41 Å². The lowest BCUT2D eigenvalue weighted by Crippen LogP contribution is -2.30. The van der Waals surface area contributed by atoms with Crippen LogP contribution in [0.25, 0.3) is 0 Å². The van der Waals surface area contributed by atoms with Crippen molar-refractivity contribution >= 4 is 5.97 Å². The van der Waals surface area contributed by atoms with Crippen LogP contribution in [0.4, 0.5) is 0 Å². The third-order valence-corrected chi connectivity index (χ3v) is 2.73. The Bertz CT molecular complexity index is 373. The van der Waals surface area contributed by atoms with Crippen LogP contribution >= 0.6 is 0 Å². The molecule has 0 aromatic carbocycles. The van der Waals surface area contributed by atoms with Gasteiger partial charge in [0.2, 0.25) is 0 Å². The Morgan fingerprint density at radius 1 is 1.41 bits per heavy atom. The largest absolute Gasteiger partial charge is 0.481 e. The van der Waals surface area contributed by atoms with E-state index < -0.39 is 11.4 Å². The lowest BCUT2D eigenvalue weighted by molar-refractivity contribution is -0.147. The number of unbranched alkanes of at least 4 members (excludes halogenated alkanes) is 2. The predicted octanol–water partition coefficient (Wildman–Crippen LogP) is 1.52. The second kappa shape index (κ2) is 5.75. The molecule has 17 heavy (non-hydrogen) atoms. The first-order valence-electron chi connectivity index (χ1n) is 5.96. The smallest absolute Gasteiger partial charge is 0.310 e. The summed E-state index contributed by atoms with van der Waals surface area (Å²) >= 11 is 0. The summed E-state index contributed by atoms with van der Waals surface area (Å²) in [6.07, 6.45) is 4.11. The molecule has 0 radical (unpaired) electrons. The highest BCUT2D eigenvalue weighted by molar-refractivity contribution is 5.73. The number of tetrazole rings is 1. The van der Waals surface area contributed by atoms with Gasteiger partial charge in [0.25, 0.3) is 0 Å². The fourth-order valence-electron chi connectivity index (χ4n) is 1.50. The van der Waals surface area contributed by atoms with Crippen molar-refractivity contribution in [2.45, 2.75) is 53.0 Å². The lowest BCUT2D eigenvalue weighted by Gasteiger charge is -2.18. The van der Waals surface area contributed by atoms with E-state index in [1.165, 1.54) is 0 Å². The molecule has 0 aliphatic heterocycles. The van der Waals surface area contributed by atoms with Crippen molar-refractivity contribution in [2.24, 2.45) is 5.41 Å².